The molecule has 6 nitrogen and oxygen atoms in total. The molecule has 0 spiro atoms. The number of nitrogens with one attached hydrogen (secondary N) is 1. The van der Waals surface area contributed by atoms with E-state index in [0.29, 0.717) is 28.9 Å². The predicted octanol–water partition coefficient (Wildman–Crippen LogP) is 4.02. The van der Waals surface area contributed by atoms with Crippen molar-refractivity contribution in [3.05, 3.63) is 101 Å². The smallest absolute Gasteiger partial charge is 0.272 e. The lowest BCUT2D eigenvalue weighted by Gasteiger charge is -2.29. The lowest BCUT2D eigenvalue weighted by Crippen LogP contribution is -2.51. The summed E-state index contributed by atoms with van der Waals surface area (Å²) in [5.41, 5.74) is 4.07. The summed E-state index contributed by atoms with van der Waals surface area (Å²) in [6.45, 7) is 2.12. The fourth-order valence-corrected chi connectivity index (χ4v) is 4.39. The van der Waals surface area contributed by atoms with Crippen LogP contribution in [0.4, 0.5) is 5.69 Å². The molecule has 3 aromatic carbocycles. The number of aliphatic imine (C=N–C) groups is 1. The second-order valence-corrected chi connectivity index (χ2v) is 9.64. The molecule has 1 unspecified atom stereocenters. The first-order valence-electron chi connectivity index (χ1n) is 11.6. The third-order valence-electron chi connectivity index (χ3n) is 5.91. The van der Waals surface area contributed by atoms with E-state index in [9.17, 15) is 4.79 Å². The summed E-state index contributed by atoms with van der Waals surface area (Å²) in [5, 5.41) is 4.27. The van der Waals surface area contributed by atoms with Crippen LogP contribution in [0.1, 0.15) is 16.7 Å². The van der Waals surface area contributed by atoms with Crippen molar-refractivity contribution in [2.24, 2.45) is 4.99 Å². The molecule has 4 rings (SSSR count). The van der Waals surface area contributed by atoms with E-state index in [1.165, 1.54) is 0 Å². The number of hydrogen-bond donors (Lipinski definition) is 1. The van der Waals surface area contributed by atoms with Crippen LogP contribution in [0.15, 0.2) is 71.7 Å². The molecular formula is C28H28ClN5OS. The van der Waals surface area contributed by atoms with Gasteiger partial charge in [-0.05, 0) is 68.3 Å². The van der Waals surface area contributed by atoms with Gasteiger partial charge in [-0.25, -0.2) is 4.99 Å². The Kier molecular flexibility index (Phi) is 8.21. The molecule has 0 fully saturated rings. The number of hydrogen-bond acceptors (Lipinski definition) is 4. The predicted molar refractivity (Wildman–Crippen MR) is 150 cm³/mol. The van der Waals surface area contributed by atoms with E-state index >= 15 is 0 Å². The van der Waals surface area contributed by atoms with Crippen LogP contribution in [-0.2, 0) is 11.3 Å². The third-order valence-corrected chi connectivity index (χ3v) is 6.52. The highest BCUT2D eigenvalue weighted by atomic mass is 35.5. The largest absolute Gasteiger partial charge is 0.344 e. The molecule has 0 aromatic heterocycles. The number of benzodiazepines with no additional fused rings is 1. The normalized spacial score (nSPS) is 15.0. The Morgan fingerprint density at radius 3 is 2.61 bits per heavy atom. The first-order valence-corrected chi connectivity index (χ1v) is 12.4. The van der Waals surface area contributed by atoms with Gasteiger partial charge in [-0.15, -0.1) is 0 Å². The van der Waals surface area contributed by atoms with Gasteiger partial charge in [-0.1, -0.05) is 54.1 Å². The van der Waals surface area contributed by atoms with Gasteiger partial charge in [-0.2, -0.15) is 0 Å². The number of nitrogens with zero attached hydrogens (tertiary/aromatic N) is 4. The van der Waals surface area contributed by atoms with Crippen LogP contribution in [0.3, 0.4) is 0 Å². The second kappa shape index (κ2) is 11.5. The number of rotatable bonds is 7. The number of carbonyl (C=O) groups excluding carboxylic acids is 1. The maximum absolute atomic E-state index is 13.6. The maximum atomic E-state index is 13.6. The summed E-state index contributed by atoms with van der Waals surface area (Å²) in [5.74, 6) is -0.213. The molecule has 0 radical (unpaired) electrons. The lowest BCUT2D eigenvalue weighted by atomic mass is 10.0. The highest BCUT2D eigenvalue weighted by molar-refractivity contribution is 7.80. The Morgan fingerprint density at radius 1 is 1.14 bits per heavy atom. The van der Waals surface area contributed by atoms with Gasteiger partial charge in [0.15, 0.2) is 5.11 Å². The van der Waals surface area contributed by atoms with Crippen molar-refractivity contribution < 1.29 is 4.79 Å². The van der Waals surface area contributed by atoms with Crippen LogP contribution in [-0.4, -0.2) is 66.9 Å². The summed E-state index contributed by atoms with van der Waals surface area (Å²) < 4.78 is 0. The molecule has 1 aliphatic heterocycles. The van der Waals surface area contributed by atoms with Gasteiger partial charge in [-0.3, -0.25) is 4.79 Å². The standard InChI is InChI=1S/C28H28ClN5OS/c1-32(2)16-17-34(19-20-10-6-4-7-11-20)28(36)31-26-27(35)33(3)24-15-14-22(29)18-23(24)25(30-26)21-12-8-5-9-13-21/h4,6-8,10-15,18,26H,16-17,19H2,1-3H3,(H,31,36). The van der Waals surface area contributed by atoms with E-state index in [2.05, 4.69) is 39.4 Å². The Labute approximate surface area is 223 Å². The lowest BCUT2D eigenvalue weighted by molar-refractivity contribution is -0.119. The molecular weight excluding hydrogens is 490 g/mol. The molecule has 0 saturated carbocycles. The van der Waals surface area contributed by atoms with E-state index in [-0.39, 0.29) is 5.91 Å². The Morgan fingerprint density at radius 2 is 1.92 bits per heavy atom. The number of amides is 1. The Hall–Kier alpha value is -3.44. The first-order chi connectivity index (χ1) is 17.3. The van der Waals surface area contributed by atoms with Gasteiger partial charge in [0.05, 0.1) is 11.4 Å². The van der Waals surface area contributed by atoms with Crippen molar-refractivity contribution in [2.75, 3.05) is 39.1 Å². The zero-order valence-corrected chi connectivity index (χ0v) is 22.1. The van der Waals surface area contributed by atoms with Gasteiger partial charge in [0, 0.05) is 42.8 Å². The van der Waals surface area contributed by atoms with Crippen LogP contribution < -0.4 is 10.2 Å². The number of fused-ring (bicyclic) bond motifs is 1. The zero-order chi connectivity index (χ0) is 25.7. The van der Waals surface area contributed by atoms with Crippen LogP contribution in [0, 0.1) is 12.1 Å². The van der Waals surface area contributed by atoms with E-state index in [4.69, 9.17) is 28.8 Å². The molecule has 1 amide bonds. The van der Waals surface area contributed by atoms with Crippen molar-refractivity contribution in [1.29, 1.82) is 0 Å². The third kappa shape index (κ3) is 6.03. The number of carbonyl (C=O) groups is 1. The molecule has 0 bridgehead atoms. The van der Waals surface area contributed by atoms with Crippen LogP contribution in [0.2, 0.25) is 5.02 Å². The highest BCUT2D eigenvalue weighted by Crippen LogP contribution is 2.29. The van der Waals surface area contributed by atoms with Gasteiger partial charge in [0.1, 0.15) is 0 Å². The SMILES string of the molecule is CN(C)CCN(Cc1ccccc1)C(=S)NC1N=C(c2cc#ccc2)c2cc(Cl)ccc2N(C)C1=O. The summed E-state index contributed by atoms with van der Waals surface area (Å²) in [6.07, 6.45) is -0.912. The van der Waals surface area contributed by atoms with Gasteiger partial charge >= 0.3 is 0 Å². The van der Waals surface area contributed by atoms with Crippen molar-refractivity contribution in [1.82, 2.24) is 15.1 Å². The molecule has 3 aromatic rings. The van der Waals surface area contributed by atoms with Crippen molar-refractivity contribution in [3.63, 3.8) is 0 Å². The van der Waals surface area contributed by atoms with Gasteiger partial charge < -0.3 is 20.0 Å². The van der Waals surface area contributed by atoms with E-state index < -0.39 is 6.17 Å². The topological polar surface area (TPSA) is 51.2 Å². The minimum absolute atomic E-state index is 0.213. The van der Waals surface area contributed by atoms with Crippen LogP contribution >= 0.6 is 23.8 Å². The van der Waals surface area contributed by atoms with E-state index in [0.717, 1.165) is 28.9 Å². The fourth-order valence-electron chi connectivity index (χ4n) is 3.95. The number of thiocarbonyl (C=S) groups is 1. The molecule has 1 N–H and O–H groups in total. The Bertz CT molecular complexity index is 1250. The molecule has 184 valence electrons. The number of halogens is 1. The molecule has 1 aliphatic rings. The minimum Gasteiger partial charge on any atom is -0.344 e. The molecule has 1 heterocycles. The Balaban J connectivity index is 1.68. The van der Waals surface area contributed by atoms with Crippen LogP contribution in [0.5, 0.6) is 0 Å². The number of anilines is 1. The van der Waals surface area contributed by atoms with Crippen molar-refractivity contribution in [3.8, 4) is 0 Å². The second-order valence-electron chi connectivity index (χ2n) is 8.82. The molecule has 0 saturated heterocycles. The molecule has 0 aliphatic carbocycles. The molecule has 8 heteroatoms. The van der Waals surface area contributed by atoms with Gasteiger partial charge in [0.25, 0.3) is 5.91 Å². The first kappa shape index (κ1) is 25.6. The average molecular weight is 518 g/mol. The number of likely N-dealkylation sites (N-methyl/N-ethyl adjacent to an activating group) is 2. The minimum atomic E-state index is -0.912. The van der Waals surface area contributed by atoms with Crippen LogP contribution in [0.25, 0.3) is 0 Å². The zero-order valence-electron chi connectivity index (χ0n) is 20.5. The summed E-state index contributed by atoms with van der Waals surface area (Å²) >= 11 is 12.2. The summed E-state index contributed by atoms with van der Waals surface area (Å²) in [4.78, 5) is 24.2. The van der Waals surface area contributed by atoms with E-state index in [1.54, 1.807) is 30.1 Å². The fraction of sp³-hybridized carbons (Fsp3) is 0.250. The number of benzene rings is 2. The van der Waals surface area contributed by atoms with Gasteiger partial charge in [0.2, 0.25) is 6.17 Å². The molecule has 36 heavy (non-hydrogen) atoms. The van der Waals surface area contributed by atoms with Crippen molar-refractivity contribution in [2.45, 2.75) is 12.7 Å². The summed E-state index contributed by atoms with van der Waals surface area (Å²) in [7, 11) is 5.78. The monoisotopic (exact) mass is 517 g/mol. The summed E-state index contributed by atoms with van der Waals surface area (Å²) in [6, 6.07) is 26.9. The molecule has 1 atom stereocenters. The highest BCUT2D eigenvalue weighted by Gasteiger charge is 2.31. The maximum Gasteiger partial charge on any atom is 0.272 e. The van der Waals surface area contributed by atoms with E-state index in [1.807, 2.05) is 50.5 Å². The average Bonchev–Trinajstić information content (AvgIpc) is 2.97. The quantitative estimate of drug-likeness (QED) is 0.480. The van der Waals surface area contributed by atoms with Crippen molar-refractivity contribution >= 4 is 46.2 Å².